The number of halogens is 1. The number of fused-ring (bicyclic) bond motifs is 1. The second-order valence-electron chi connectivity index (χ2n) is 4.50. The fraction of sp³-hybridized carbons (Fsp3) is 0.0667. The highest BCUT2D eigenvalue weighted by Crippen LogP contribution is 2.20. The number of hydrogen-bond acceptors (Lipinski definition) is 3. The van der Waals surface area contributed by atoms with E-state index in [1.54, 1.807) is 30.5 Å². The lowest BCUT2D eigenvalue weighted by atomic mass is 10.1. The zero-order chi connectivity index (χ0) is 14.8. The summed E-state index contributed by atoms with van der Waals surface area (Å²) in [5, 5.41) is 3.42. The van der Waals surface area contributed by atoms with Crippen LogP contribution in [-0.2, 0) is 6.54 Å². The molecule has 5 nitrogen and oxygen atoms in total. The highest BCUT2D eigenvalue weighted by Gasteiger charge is 2.12. The molecule has 0 aliphatic carbocycles. The van der Waals surface area contributed by atoms with Crippen LogP contribution in [0.1, 0.15) is 16.1 Å². The van der Waals surface area contributed by atoms with Crippen molar-refractivity contribution in [1.29, 1.82) is 0 Å². The van der Waals surface area contributed by atoms with Gasteiger partial charge in [-0.05, 0) is 30.3 Å². The first-order valence-electron chi connectivity index (χ1n) is 6.26. The van der Waals surface area contributed by atoms with Crippen molar-refractivity contribution in [2.75, 3.05) is 0 Å². The number of hydrogen-bond donors (Lipinski definition) is 2. The van der Waals surface area contributed by atoms with E-state index in [0.717, 1.165) is 4.47 Å². The van der Waals surface area contributed by atoms with Crippen molar-refractivity contribution in [2.45, 2.75) is 6.54 Å². The number of pyridine rings is 1. The molecule has 2 aromatic heterocycles. The van der Waals surface area contributed by atoms with Crippen molar-refractivity contribution in [1.82, 2.24) is 10.3 Å². The van der Waals surface area contributed by atoms with E-state index in [1.807, 2.05) is 6.07 Å². The van der Waals surface area contributed by atoms with Gasteiger partial charge in [-0.1, -0.05) is 15.9 Å². The smallest absolute Gasteiger partial charge is 0.252 e. The average molecular weight is 347 g/mol. The van der Waals surface area contributed by atoms with E-state index < -0.39 is 0 Å². The summed E-state index contributed by atoms with van der Waals surface area (Å²) in [5.41, 5.74) is 0.642. The Labute approximate surface area is 128 Å². The van der Waals surface area contributed by atoms with Crippen LogP contribution in [0.25, 0.3) is 10.9 Å². The van der Waals surface area contributed by atoms with Gasteiger partial charge in [0.1, 0.15) is 5.76 Å². The van der Waals surface area contributed by atoms with Gasteiger partial charge >= 0.3 is 0 Å². The van der Waals surface area contributed by atoms with Crippen LogP contribution >= 0.6 is 15.9 Å². The van der Waals surface area contributed by atoms with Gasteiger partial charge in [0.15, 0.2) is 0 Å². The minimum atomic E-state index is -0.319. The first-order valence-corrected chi connectivity index (χ1v) is 7.06. The molecule has 106 valence electrons. The summed E-state index contributed by atoms with van der Waals surface area (Å²) in [6.07, 6.45) is 1.54. The van der Waals surface area contributed by atoms with Gasteiger partial charge in [-0.2, -0.15) is 0 Å². The SMILES string of the molecule is O=C(NCc1ccco1)c1cc(=O)[nH]c2ccc(Br)cc12. The Kier molecular flexibility index (Phi) is 3.62. The second-order valence-corrected chi connectivity index (χ2v) is 5.41. The number of furan rings is 1. The van der Waals surface area contributed by atoms with Gasteiger partial charge in [0.25, 0.3) is 5.91 Å². The molecule has 0 aliphatic heterocycles. The summed E-state index contributed by atoms with van der Waals surface area (Å²) >= 11 is 3.37. The third-order valence-electron chi connectivity index (χ3n) is 3.05. The van der Waals surface area contributed by atoms with Gasteiger partial charge in [-0.3, -0.25) is 9.59 Å². The number of aromatic nitrogens is 1. The molecule has 21 heavy (non-hydrogen) atoms. The number of rotatable bonds is 3. The molecule has 0 bridgehead atoms. The Morgan fingerprint density at radius 1 is 1.29 bits per heavy atom. The molecule has 2 N–H and O–H groups in total. The zero-order valence-corrected chi connectivity index (χ0v) is 12.4. The predicted molar refractivity (Wildman–Crippen MR) is 82.1 cm³/mol. The zero-order valence-electron chi connectivity index (χ0n) is 10.9. The number of benzene rings is 1. The Bertz CT molecular complexity index is 853. The highest BCUT2D eigenvalue weighted by molar-refractivity contribution is 9.10. The Morgan fingerprint density at radius 2 is 2.14 bits per heavy atom. The largest absolute Gasteiger partial charge is 0.467 e. The number of aromatic amines is 1. The van der Waals surface area contributed by atoms with Crippen LogP contribution in [-0.4, -0.2) is 10.9 Å². The number of carbonyl (C=O) groups excluding carboxylic acids is 1. The van der Waals surface area contributed by atoms with Crippen molar-refractivity contribution >= 4 is 32.7 Å². The maximum absolute atomic E-state index is 12.3. The lowest BCUT2D eigenvalue weighted by molar-refractivity contribution is 0.0949. The topological polar surface area (TPSA) is 75.1 Å². The van der Waals surface area contributed by atoms with Crippen molar-refractivity contribution < 1.29 is 9.21 Å². The van der Waals surface area contributed by atoms with Crippen LogP contribution in [0.3, 0.4) is 0 Å². The summed E-state index contributed by atoms with van der Waals surface area (Å²) in [5.74, 6) is 0.333. The third-order valence-corrected chi connectivity index (χ3v) is 3.55. The molecular formula is C15H11BrN2O3. The Morgan fingerprint density at radius 3 is 2.90 bits per heavy atom. The maximum atomic E-state index is 12.3. The maximum Gasteiger partial charge on any atom is 0.252 e. The molecule has 3 rings (SSSR count). The van der Waals surface area contributed by atoms with Gasteiger partial charge in [-0.15, -0.1) is 0 Å². The van der Waals surface area contributed by atoms with Gasteiger partial charge in [0.2, 0.25) is 5.56 Å². The van der Waals surface area contributed by atoms with Crippen LogP contribution in [0, 0.1) is 0 Å². The van der Waals surface area contributed by atoms with E-state index in [0.29, 0.717) is 22.2 Å². The molecule has 0 radical (unpaired) electrons. The van der Waals surface area contributed by atoms with Crippen LogP contribution < -0.4 is 10.9 Å². The van der Waals surface area contributed by atoms with Crippen LogP contribution in [0.5, 0.6) is 0 Å². The minimum absolute atomic E-state index is 0.272. The first kappa shape index (κ1) is 13.6. The van der Waals surface area contributed by atoms with Crippen molar-refractivity contribution in [3.8, 4) is 0 Å². The van der Waals surface area contributed by atoms with Crippen LogP contribution in [0.4, 0.5) is 0 Å². The fourth-order valence-corrected chi connectivity index (χ4v) is 2.45. The number of amides is 1. The molecule has 0 aliphatic rings. The number of carbonyl (C=O) groups is 1. The third kappa shape index (κ3) is 2.90. The molecule has 0 fully saturated rings. The molecule has 1 aromatic carbocycles. The molecule has 0 spiro atoms. The normalized spacial score (nSPS) is 10.7. The molecular weight excluding hydrogens is 336 g/mol. The highest BCUT2D eigenvalue weighted by atomic mass is 79.9. The van der Waals surface area contributed by atoms with E-state index >= 15 is 0 Å². The summed E-state index contributed by atoms with van der Waals surface area (Å²) in [7, 11) is 0. The molecule has 3 aromatic rings. The summed E-state index contributed by atoms with van der Waals surface area (Å²) in [6.45, 7) is 0.272. The molecule has 0 saturated heterocycles. The summed E-state index contributed by atoms with van der Waals surface area (Å²) in [4.78, 5) is 26.7. The lowest BCUT2D eigenvalue weighted by Crippen LogP contribution is -2.24. The van der Waals surface area contributed by atoms with E-state index in [-0.39, 0.29) is 18.0 Å². The summed E-state index contributed by atoms with van der Waals surface area (Å²) in [6, 6.07) is 10.2. The van der Waals surface area contributed by atoms with E-state index in [2.05, 4.69) is 26.2 Å². The van der Waals surface area contributed by atoms with Crippen LogP contribution in [0.15, 0.2) is 56.3 Å². The van der Waals surface area contributed by atoms with E-state index in [4.69, 9.17) is 4.42 Å². The first-order chi connectivity index (χ1) is 10.1. The van der Waals surface area contributed by atoms with Crippen LogP contribution in [0.2, 0.25) is 0 Å². The molecule has 1 amide bonds. The van der Waals surface area contributed by atoms with E-state index in [1.165, 1.54) is 6.07 Å². The second kappa shape index (κ2) is 5.57. The fourth-order valence-electron chi connectivity index (χ4n) is 2.09. The quantitative estimate of drug-likeness (QED) is 0.765. The van der Waals surface area contributed by atoms with Gasteiger partial charge in [-0.25, -0.2) is 0 Å². The number of H-pyrrole nitrogens is 1. The molecule has 0 saturated carbocycles. The minimum Gasteiger partial charge on any atom is -0.467 e. The standard InChI is InChI=1S/C15H11BrN2O3/c16-9-3-4-13-11(6-9)12(7-14(19)18-13)15(20)17-8-10-2-1-5-21-10/h1-7H,8H2,(H,17,20)(H,18,19). The molecule has 0 atom stereocenters. The Balaban J connectivity index is 1.96. The van der Waals surface area contributed by atoms with Gasteiger partial charge in [0, 0.05) is 21.4 Å². The van der Waals surface area contributed by atoms with Crippen molar-refractivity contribution in [3.63, 3.8) is 0 Å². The summed E-state index contributed by atoms with van der Waals surface area (Å²) < 4.78 is 6.00. The average Bonchev–Trinajstić information content (AvgIpc) is 2.97. The van der Waals surface area contributed by atoms with Gasteiger partial charge in [0.05, 0.1) is 18.4 Å². The predicted octanol–water partition coefficient (Wildman–Crippen LogP) is 2.81. The monoisotopic (exact) mass is 346 g/mol. The van der Waals surface area contributed by atoms with Gasteiger partial charge < -0.3 is 14.7 Å². The van der Waals surface area contributed by atoms with Crippen molar-refractivity contribution in [2.24, 2.45) is 0 Å². The van der Waals surface area contributed by atoms with E-state index in [9.17, 15) is 9.59 Å². The molecule has 6 heteroatoms. The van der Waals surface area contributed by atoms with Crippen molar-refractivity contribution in [3.05, 3.63) is 68.8 Å². The molecule has 2 heterocycles. The number of nitrogens with one attached hydrogen (secondary N) is 2. The Hall–Kier alpha value is -2.34. The molecule has 0 unspecified atom stereocenters. The lowest BCUT2D eigenvalue weighted by Gasteiger charge is -2.07.